The summed E-state index contributed by atoms with van der Waals surface area (Å²) in [6.07, 6.45) is 0. The zero-order valence-corrected chi connectivity index (χ0v) is 10.2. The van der Waals surface area contributed by atoms with Crippen LogP contribution in [0.4, 0.5) is 14.7 Å². The standard InChI is InChI=1S/C12H14F2N4/c1-3-15-12-17-16-11(18(12)4-2)8-5-9(13)7-10(14)6-8/h5-7H,3-4H2,1-2H3,(H,15,17). The van der Waals surface area contributed by atoms with Crippen molar-refractivity contribution in [1.29, 1.82) is 0 Å². The first-order chi connectivity index (χ1) is 8.65. The molecule has 2 rings (SSSR count). The summed E-state index contributed by atoms with van der Waals surface area (Å²) in [5.74, 6) is -0.201. The predicted molar refractivity (Wildman–Crippen MR) is 65.2 cm³/mol. The summed E-state index contributed by atoms with van der Waals surface area (Å²) in [6.45, 7) is 5.18. The summed E-state index contributed by atoms with van der Waals surface area (Å²) in [5, 5.41) is 11.0. The van der Waals surface area contributed by atoms with Crippen LogP contribution in [0.2, 0.25) is 0 Å². The summed E-state index contributed by atoms with van der Waals surface area (Å²) in [5.41, 5.74) is 0.381. The molecular weight excluding hydrogens is 238 g/mol. The Morgan fingerprint density at radius 2 is 1.78 bits per heavy atom. The van der Waals surface area contributed by atoms with Crippen LogP contribution in [-0.2, 0) is 6.54 Å². The van der Waals surface area contributed by atoms with Crippen molar-refractivity contribution in [2.24, 2.45) is 0 Å². The molecule has 6 heteroatoms. The normalized spacial score (nSPS) is 10.7. The maximum Gasteiger partial charge on any atom is 0.224 e. The Bertz CT molecular complexity index is 531. The Morgan fingerprint density at radius 3 is 2.33 bits per heavy atom. The van der Waals surface area contributed by atoms with E-state index >= 15 is 0 Å². The van der Waals surface area contributed by atoms with Gasteiger partial charge in [-0.1, -0.05) is 0 Å². The highest BCUT2D eigenvalue weighted by Crippen LogP contribution is 2.22. The molecule has 0 aliphatic heterocycles. The average Bonchev–Trinajstić information content (AvgIpc) is 2.71. The minimum Gasteiger partial charge on any atom is -0.355 e. The van der Waals surface area contributed by atoms with Crippen molar-refractivity contribution < 1.29 is 8.78 Å². The minimum absolute atomic E-state index is 0.381. The average molecular weight is 252 g/mol. The van der Waals surface area contributed by atoms with Gasteiger partial charge in [0, 0.05) is 24.7 Å². The van der Waals surface area contributed by atoms with Gasteiger partial charge in [-0.05, 0) is 26.0 Å². The first-order valence-corrected chi connectivity index (χ1v) is 5.79. The molecule has 0 amide bonds. The van der Waals surface area contributed by atoms with Crippen LogP contribution in [0, 0.1) is 11.6 Å². The molecule has 1 N–H and O–H groups in total. The molecule has 1 aromatic carbocycles. The third-order valence-electron chi connectivity index (χ3n) is 2.52. The molecule has 0 fully saturated rings. The van der Waals surface area contributed by atoms with Gasteiger partial charge in [0.15, 0.2) is 5.82 Å². The van der Waals surface area contributed by atoms with E-state index in [-0.39, 0.29) is 0 Å². The number of nitrogens with one attached hydrogen (secondary N) is 1. The lowest BCUT2D eigenvalue weighted by atomic mass is 10.2. The molecule has 2 aromatic rings. The lowest BCUT2D eigenvalue weighted by Crippen LogP contribution is -2.07. The quantitative estimate of drug-likeness (QED) is 0.909. The summed E-state index contributed by atoms with van der Waals surface area (Å²) >= 11 is 0. The number of hydrogen-bond acceptors (Lipinski definition) is 3. The maximum atomic E-state index is 13.2. The van der Waals surface area contributed by atoms with E-state index in [0.29, 0.717) is 30.4 Å². The van der Waals surface area contributed by atoms with E-state index in [4.69, 9.17) is 0 Å². The van der Waals surface area contributed by atoms with Crippen LogP contribution < -0.4 is 5.32 Å². The van der Waals surface area contributed by atoms with Crippen LogP contribution in [0.25, 0.3) is 11.4 Å². The molecule has 96 valence electrons. The SMILES string of the molecule is CCNc1nnc(-c2cc(F)cc(F)c2)n1CC. The highest BCUT2D eigenvalue weighted by Gasteiger charge is 2.13. The number of aromatic nitrogens is 3. The molecule has 0 spiro atoms. The molecule has 0 atom stereocenters. The highest BCUT2D eigenvalue weighted by atomic mass is 19.1. The van der Waals surface area contributed by atoms with E-state index in [9.17, 15) is 8.78 Å². The first-order valence-electron chi connectivity index (χ1n) is 5.79. The topological polar surface area (TPSA) is 42.7 Å². The van der Waals surface area contributed by atoms with E-state index in [1.807, 2.05) is 13.8 Å². The van der Waals surface area contributed by atoms with Crippen LogP contribution in [-0.4, -0.2) is 21.3 Å². The number of hydrogen-bond donors (Lipinski definition) is 1. The fourth-order valence-corrected chi connectivity index (χ4v) is 1.79. The number of nitrogens with zero attached hydrogens (tertiary/aromatic N) is 3. The Morgan fingerprint density at radius 1 is 1.11 bits per heavy atom. The Kier molecular flexibility index (Phi) is 3.55. The first kappa shape index (κ1) is 12.5. The second kappa shape index (κ2) is 5.12. The van der Waals surface area contributed by atoms with Gasteiger partial charge in [-0.15, -0.1) is 10.2 Å². The van der Waals surface area contributed by atoms with Crippen molar-refractivity contribution in [3.63, 3.8) is 0 Å². The third kappa shape index (κ3) is 2.32. The van der Waals surface area contributed by atoms with Gasteiger partial charge >= 0.3 is 0 Å². The van der Waals surface area contributed by atoms with E-state index in [1.165, 1.54) is 12.1 Å². The van der Waals surface area contributed by atoms with Crippen LogP contribution >= 0.6 is 0 Å². The second-order valence-corrected chi connectivity index (χ2v) is 3.78. The molecular formula is C12H14F2N4. The van der Waals surface area contributed by atoms with Gasteiger partial charge in [-0.3, -0.25) is 4.57 Å². The Labute approximate surface area is 104 Å². The second-order valence-electron chi connectivity index (χ2n) is 3.78. The number of rotatable bonds is 4. The van der Waals surface area contributed by atoms with Crippen molar-refractivity contribution in [2.45, 2.75) is 20.4 Å². The van der Waals surface area contributed by atoms with Crippen molar-refractivity contribution in [3.05, 3.63) is 29.8 Å². The molecule has 0 saturated heterocycles. The maximum absolute atomic E-state index is 13.2. The zero-order chi connectivity index (χ0) is 13.1. The van der Waals surface area contributed by atoms with Gasteiger partial charge in [0.2, 0.25) is 5.95 Å². The number of anilines is 1. The molecule has 0 aliphatic rings. The van der Waals surface area contributed by atoms with Gasteiger partial charge in [0.1, 0.15) is 11.6 Å². The Hall–Kier alpha value is -1.98. The molecule has 18 heavy (non-hydrogen) atoms. The van der Waals surface area contributed by atoms with Crippen molar-refractivity contribution in [2.75, 3.05) is 11.9 Å². The summed E-state index contributed by atoms with van der Waals surface area (Å²) in [6, 6.07) is 3.32. The monoisotopic (exact) mass is 252 g/mol. The van der Waals surface area contributed by atoms with E-state index < -0.39 is 11.6 Å². The smallest absolute Gasteiger partial charge is 0.224 e. The van der Waals surface area contributed by atoms with E-state index in [2.05, 4.69) is 15.5 Å². The highest BCUT2D eigenvalue weighted by molar-refractivity contribution is 5.57. The zero-order valence-electron chi connectivity index (χ0n) is 10.2. The molecule has 0 saturated carbocycles. The van der Waals surface area contributed by atoms with Gasteiger partial charge in [-0.25, -0.2) is 8.78 Å². The molecule has 1 heterocycles. The summed E-state index contributed by atoms with van der Waals surface area (Å²) in [7, 11) is 0. The molecule has 0 unspecified atom stereocenters. The minimum atomic E-state index is -0.624. The molecule has 4 nitrogen and oxygen atoms in total. The lowest BCUT2D eigenvalue weighted by molar-refractivity contribution is 0.583. The van der Waals surface area contributed by atoms with Crippen LogP contribution in [0.3, 0.4) is 0 Å². The molecule has 0 bridgehead atoms. The summed E-state index contributed by atoms with van der Waals surface area (Å²) < 4.78 is 28.2. The van der Waals surface area contributed by atoms with Crippen LogP contribution in [0.1, 0.15) is 13.8 Å². The number of halogens is 2. The third-order valence-corrected chi connectivity index (χ3v) is 2.52. The van der Waals surface area contributed by atoms with Crippen LogP contribution in [0.15, 0.2) is 18.2 Å². The summed E-state index contributed by atoms with van der Waals surface area (Å²) in [4.78, 5) is 0. The fourth-order valence-electron chi connectivity index (χ4n) is 1.79. The lowest BCUT2D eigenvalue weighted by Gasteiger charge is -2.08. The molecule has 1 aromatic heterocycles. The van der Waals surface area contributed by atoms with Crippen LogP contribution in [0.5, 0.6) is 0 Å². The van der Waals surface area contributed by atoms with Gasteiger partial charge in [-0.2, -0.15) is 0 Å². The fraction of sp³-hybridized carbons (Fsp3) is 0.333. The number of benzene rings is 1. The molecule has 0 radical (unpaired) electrons. The van der Waals surface area contributed by atoms with E-state index in [1.54, 1.807) is 4.57 Å². The van der Waals surface area contributed by atoms with Gasteiger partial charge in [0.25, 0.3) is 0 Å². The Balaban J connectivity index is 2.49. The van der Waals surface area contributed by atoms with Crippen molar-refractivity contribution in [1.82, 2.24) is 14.8 Å². The predicted octanol–water partition coefficient (Wildman–Crippen LogP) is 2.68. The molecule has 0 aliphatic carbocycles. The van der Waals surface area contributed by atoms with Gasteiger partial charge < -0.3 is 5.32 Å². The van der Waals surface area contributed by atoms with E-state index in [0.717, 1.165) is 6.07 Å². The largest absolute Gasteiger partial charge is 0.355 e. The van der Waals surface area contributed by atoms with Crippen molar-refractivity contribution >= 4 is 5.95 Å². The van der Waals surface area contributed by atoms with Gasteiger partial charge in [0.05, 0.1) is 0 Å². The van der Waals surface area contributed by atoms with Crippen molar-refractivity contribution in [3.8, 4) is 11.4 Å².